The third-order valence-corrected chi connectivity index (χ3v) is 3.02. The second kappa shape index (κ2) is 7.04. The third-order valence-electron chi connectivity index (χ3n) is 2.82. The molecule has 0 radical (unpaired) electrons. The monoisotopic (exact) mass is 324 g/mol. The van der Waals surface area contributed by atoms with E-state index >= 15 is 0 Å². The van der Waals surface area contributed by atoms with E-state index in [2.05, 4.69) is 10.6 Å². The minimum Gasteiger partial charge on any atom is -0.494 e. The number of benzene rings is 2. The number of nitrogens with one attached hydrogen (secondary N) is 2. The van der Waals surface area contributed by atoms with Crippen LogP contribution in [0.25, 0.3) is 0 Å². The van der Waals surface area contributed by atoms with E-state index in [1.54, 1.807) is 12.1 Å². The minimum absolute atomic E-state index is 0.140. The van der Waals surface area contributed by atoms with Crippen LogP contribution in [0.4, 0.5) is 20.2 Å². The van der Waals surface area contributed by atoms with Crippen molar-refractivity contribution in [3.05, 3.63) is 48.0 Å². The molecule has 2 aromatic rings. The zero-order valence-corrected chi connectivity index (χ0v) is 12.8. The van der Waals surface area contributed by atoms with Gasteiger partial charge < -0.3 is 20.1 Å². The Morgan fingerprint density at radius 2 is 1.27 bits per heavy atom. The maximum atomic E-state index is 13.6. The molecule has 0 aliphatic heterocycles. The van der Waals surface area contributed by atoms with Crippen molar-refractivity contribution in [1.29, 1.82) is 0 Å². The fourth-order valence-electron chi connectivity index (χ4n) is 1.78. The Morgan fingerprint density at radius 1 is 0.864 bits per heavy atom. The molecule has 0 aromatic heterocycles. The first kappa shape index (κ1) is 16.0. The van der Waals surface area contributed by atoms with Gasteiger partial charge in [-0.15, -0.1) is 0 Å². The van der Waals surface area contributed by atoms with Crippen LogP contribution in [0.1, 0.15) is 0 Å². The van der Waals surface area contributed by atoms with Crippen molar-refractivity contribution in [2.24, 2.45) is 0 Å². The first-order valence-electron chi connectivity index (χ1n) is 6.28. The van der Waals surface area contributed by atoms with E-state index in [1.165, 1.54) is 38.5 Å². The second-order valence-corrected chi connectivity index (χ2v) is 4.69. The van der Waals surface area contributed by atoms with Crippen molar-refractivity contribution in [3.63, 3.8) is 0 Å². The first-order valence-corrected chi connectivity index (χ1v) is 6.69. The average Bonchev–Trinajstić information content (AvgIpc) is 2.47. The fraction of sp³-hybridized carbons (Fsp3) is 0.133. The zero-order chi connectivity index (χ0) is 16.1. The molecule has 2 rings (SSSR count). The summed E-state index contributed by atoms with van der Waals surface area (Å²) >= 11 is 5.10. The van der Waals surface area contributed by atoms with Gasteiger partial charge in [0.25, 0.3) is 0 Å². The Labute approximate surface area is 132 Å². The SMILES string of the molecule is COc1ccc(NC(=S)Nc2ccc(OC)c(F)c2)cc1F. The van der Waals surface area contributed by atoms with Gasteiger partial charge in [0, 0.05) is 23.5 Å². The smallest absolute Gasteiger partial charge is 0.175 e. The van der Waals surface area contributed by atoms with E-state index in [0.717, 1.165) is 0 Å². The molecule has 0 fully saturated rings. The number of methoxy groups -OCH3 is 2. The lowest BCUT2D eigenvalue weighted by Crippen LogP contribution is -2.19. The van der Waals surface area contributed by atoms with Crippen LogP contribution in [0, 0.1) is 11.6 Å². The first-order chi connectivity index (χ1) is 10.5. The van der Waals surface area contributed by atoms with Crippen LogP contribution in [0.5, 0.6) is 11.5 Å². The average molecular weight is 324 g/mol. The number of halogens is 2. The molecule has 7 heteroatoms. The summed E-state index contributed by atoms with van der Waals surface area (Å²) in [5.74, 6) is -0.736. The Balaban J connectivity index is 2.04. The lowest BCUT2D eigenvalue weighted by molar-refractivity contribution is 0.386. The van der Waals surface area contributed by atoms with Crippen LogP contribution in [0.3, 0.4) is 0 Å². The van der Waals surface area contributed by atoms with E-state index in [1.807, 2.05) is 0 Å². The van der Waals surface area contributed by atoms with Crippen LogP contribution in [-0.4, -0.2) is 19.3 Å². The van der Waals surface area contributed by atoms with Gasteiger partial charge in [0.05, 0.1) is 14.2 Å². The lowest BCUT2D eigenvalue weighted by Gasteiger charge is -2.12. The van der Waals surface area contributed by atoms with Gasteiger partial charge in [-0.2, -0.15) is 0 Å². The number of ether oxygens (including phenoxy) is 2. The molecule has 2 N–H and O–H groups in total. The Hall–Kier alpha value is -2.41. The van der Waals surface area contributed by atoms with Crippen LogP contribution in [-0.2, 0) is 0 Å². The molecular weight excluding hydrogens is 310 g/mol. The van der Waals surface area contributed by atoms with E-state index in [-0.39, 0.29) is 16.6 Å². The molecular formula is C15H14F2N2O2S. The molecule has 0 atom stereocenters. The predicted molar refractivity (Wildman–Crippen MR) is 85.7 cm³/mol. The largest absolute Gasteiger partial charge is 0.494 e. The van der Waals surface area contributed by atoms with E-state index in [4.69, 9.17) is 21.7 Å². The van der Waals surface area contributed by atoms with Gasteiger partial charge in [0.1, 0.15) is 0 Å². The van der Waals surface area contributed by atoms with Gasteiger partial charge in [-0.1, -0.05) is 0 Å². The molecule has 0 saturated carbocycles. The minimum atomic E-state index is -0.509. The normalized spacial score (nSPS) is 10.0. The summed E-state index contributed by atoms with van der Waals surface area (Å²) in [6, 6.07) is 8.69. The molecule has 0 heterocycles. The number of hydrogen-bond acceptors (Lipinski definition) is 3. The van der Waals surface area contributed by atoms with Crippen molar-refractivity contribution in [3.8, 4) is 11.5 Å². The Kier molecular flexibility index (Phi) is 5.11. The quantitative estimate of drug-likeness (QED) is 0.838. The molecule has 116 valence electrons. The van der Waals surface area contributed by atoms with Crippen LogP contribution >= 0.6 is 12.2 Å². The van der Waals surface area contributed by atoms with Crippen molar-refractivity contribution in [1.82, 2.24) is 0 Å². The summed E-state index contributed by atoms with van der Waals surface area (Å²) in [5, 5.41) is 5.81. The molecule has 0 saturated heterocycles. The molecule has 0 bridgehead atoms. The second-order valence-electron chi connectivity index (χ2n) is 4.28. The van der Waals surface area contributed by atoms with Gasteiger partial charge in [0.15, 0.2) is 28.2 Å². The van der Waals surface area contributed by atoms with Crippen LogP contribution in [0.2, 0.25) is 0 Å². The van der Waals surface area contributed by atoms with E-state index in [9.17, 15) is 8.78 Å². The number of anilines is 2. The zero-order valence-electron chi connectivity index (χ0n) is 11.9. The molecule has 4 nitrogen and oxygen atoms in total. The summed E-state index contributed by atoms with van der Waals surface area (Å²) < 4.78 is 36.8. The maximum Gasteiger partial charge on any atom is 0.175 e. The summed E-state index contributed by atoms with van der Waals surface area (Å²) in [4.78, 5) is 0. The fourth-order valence-corrected chi connectivity index (χ4v) is 2.02. The number of hydrogen-bond donors (Lipinski definition) is 2. The van der Waals surface area contributed by atoms with Gasteiger partial charge in [-0.25, -0.2) is 8.78 Å². The van der Waals surface area contributed by atoms with Crippen molar-refractivity contribution >= 4 is 28.7 Å². The highest BCUT2D eigenvalue weighted by atomic mass is 32.1. The molecule has 2 aromatic carbocycles. The van der Waals surface area contributed by atoms with Crippen LogP contribution in [0.15, 0.2) is 36.4 Å². The summed E-state index contributed by atoms with van der Waals surface area (Å²) in [6.45, 7) is 0. The Morgan fingerprint density at radius 3 is 1.59 bits per heavy atom. The van der Waals surface area contributed by atoms with Gasteiger partial charge >= 0.3 is 0 Å². The standard InChI is InChI=1S/C15H14F2N2O2S/c1-20-13-5-3-9(7-11(13)16)18-15(22)19-10-4-6-14(21-2)12(17)8-10/h3-8H,1-2H3,(H2,18,19,22). The predicted octanol–water partition coefficient (Wildman–Crippen LogP) is 3.79. The van der Waals surface area contributed by atoms with Gasteiger partial charge in [0.2, 0.25) is 0 Å². The van der Waals surface area contributed by atoms with Gasteiger partial charge in [-0.3, -0.25) is 0 Å². The summed E-state index contributed by atoms with van der Waals surface area (Å²) in [6.07, 6.45) is 0. The summed E-state index contributed by atoms with van der Waals surface area (Å²) in [5.41, 5.74) is 0.898. The highest BCUT2D eigenvalue weighted by molar-refractivity contribution is 7.80. The molecule has 0 unspecified atom stereocenters. The number of rotatable bonds is 4. The molecule has 0 spiro atoms. The van der Waals surface area contributed by atoms with Crippen molar-refractivity contribution in [2.75, 3.05) is 24.9 Å². The highest BCUT2D eigenvalue weighted by Gasteiger charge is 2.07. The molecule has 0 aliphatic carbocycles. The lowest BCUT2D eigenvalue weighted by atomic mass is 10.3. The highest BCUT2D eigenvalue weighted by Crippen LogP contribution is 2.22. The molecule has 0 aliphatic rings. The van der Waals surface area contributed by atoms with Gasteiger partial charge in [-0.05, 0) is 36.5 Å². The van der Waals surface area contributed by atoms with Crippen molar-refractivity contribution < 1.29 is 18.3 Å². The topological polar surface area (TPSA) is 42.5 Å². The third kappa shape index (κ3) is 3.82. The van der Waals surface area contributed by atoms with Crippen molar-refractivity contribution in [2.45, 2.75) is 0 Å². The van der Waals surface area contributed by atoms with Crippen LogP contribution < -0.4 is 20.1 Å². The maximum absolute atomic E-state index is 13.6. The molecule has 0 amide bonds. The van der Waals surface area contributed by atoms with E-state index < -0.39 is 11.6 Å². The number of thiocarbonyl (C=S) groups is 1. The summed E-state index contributed by atoms with van der Waals surface area (Å²) in [7, 11) is 2.77. The molecule has 22 heavy (non-hydrogen) atoms. The Bertz CT molecular complexity index is 638. The van der Waals surface area contributed by atoms with E-state index in [0.29, 0.717) is 11.4 Å².